The summed E-state index contributed by atoms with van der Waals surface area (Å²) in [6, 6.07) is 13.5. The first-order chi connectivity index (χ1) is 16.2. The number of anilines is 1. The molecular formula is C24H21ClFN3O4S. The van der Waals surface area contributed by atoms with Crippen LogP contribution in [0.5, 0.6) is 0 Å². The number of benzene rings is 2. The third kappa shape index (κ3) is 4.80. The van der Waals surface area contributed by atoms with Crippen LogP contribution in [0.3, 0.4) is 0 Å². The number of carbonyl (C=O) groups is 2. The lowest BCUT2D eigenvalue weighted by Gasteiger charge is -2.33. The lowest BCUT2D eigenvalue weighted by Crippen LogP contribution is -2.52. The number of pyridine rings is 1. The van der Waals surface area contributed by atoms with Crippen LogP contribution < -0.4 is 10.2 Å². The fourth-order valence-electron chi connectivity index (χ4n) is 3.96. The summed E-state index contributed by atoms with van der Waals surface area (Å²) in [5.41, 5.74) is 0.846. The Morgan fingerprint density at radius 1 is 1.15 bits per heavy atom. The normalized spacial score (nSPS) is 16.4. The Hall–Kier alpha value is -3.30. The van der Waals surface area contributed by atoms with Crippen molar-refractivity contribution in [1.82, 2.24) is 10.3 Å². The van der Waals surface area contributed by atoms with Crippen LogP contribution >= 0.6 is 11.6 Å². The van der Waals surface area contributed by atoms with Gasteiger partial charge in [-0.05, 0) is 36.6 Å². The van der Waals surface area contributed by atoms with Gasteiger partial charge < -0.3 is 10.2 Å². The van der Waals surface area contributed by atoms with Crippen molar-refractivity contribution >= 4 is 38.9 Å². The zero-order chi connectivity index (χ0) is 24.5. The first kappa shape index (κ1) is 23.8. The van der Waals surface area contributed by atoms with Gasteiger partial charge in [0.2, 0.25) is 5.91 Å². The molecule has 1 unspecified atom stereocenters. The van der Waals surface area contributed by atoms with E-state index in [0.717, 1.165) is 6.26 Å². The second kappa shape index (κ2) is 9.52. The monoisotopic (exact) mass is 501 g/mol. The van der Waals surface area contributed by atoms with Crippen LogP contribution in [-0.2, 0) is 14.6 Å². The van der Waals surface area contributed by atoms with E-state index < -0.39 is 38.4 Å². The molecule has 34 heavy (non-hydrogen) atoms. The number of sulfone groups is 1. The van der Waals surface area contributed by atoms with Gasteiger partial charge in [-0.3, -0.25) is 9.59 Å². The highest BCUT2D eigenvalue weighted by Crippen LogP contribution is 2.36. The fourth-order valence-corrected chi connectivity index (χ4v) is 5.09. The molecule has 1 aliphatic heterocycles. The van der Waals surface area contributed by atoms with E-state index in [1.165, 1.54) is 35.4 Å². The molecule has 1 atom stereocenters. The number of hydrogen-bond donors (Lipinski definition) is 1. The highest BCUT2D eigenvalue weighted by atomic mass is 35.5. The number of nitrogens with zero attached hydrogens (tertiary/aromatic N) is 2. The maximum absolute atomic E-state index is 15.7. The van der Waals surface area contributed by atoms with E-state index in [1.54, 1.807) is 30.3 Å². The summed E-state index contributed by atoms with van der Waals surface area (Å²) in [7, 11) is -3.96. The molecule has 0 aliphatic carbocycles. The maximum atomic E-state index is 15.7. The number of piperidine rings is 1. The van der Waals surface area contributed by atoms with Crippen LogP contribution in [0.2, 0.25) is 5.15 Å². The van der Waals surface area contributed by atoms with Gasteiger partial charge in [-0.2, -0.15) is 0 Å². The van der Waals surface area contributed by atoms with Gasteiger partial charge in [0.25, 0.3) is 5.91 Å². The van der Waals surface area contributed by atoms with E-state index in [4.69, 9.17) is 11.6 Å². The predicted octanol–water partition coefficient (Wildman–Crippen LogP) is 3.87. The van der Waals surface area contributed by atoms with Gasteiger partial charge in [0.1, 0.15) is 16.1 Å². The number of amides is 2. The Morgan fingerprint density at radius 3 is 2.53 bits per heavy atom. The summed E-state index contributed by atoms with van der Waals surface area (Å²) in [6.45, 7) is 0.193. The smallest absolute Gasteiger partial charge is 0.253 e. The van der Waals surface area contributed by atoms with Crippen molar-refractivity contribution in [3.63, 3.8) is 0 Å². The molecule has 0 spiro atoms. The SMILES string of the molecule is CS(=O)(=O)c1c(-c2ccccc2)ccc(N2CCCC(NC(=O)c3ccc(Cl)nc3)C2=O)c1F. The Balaban J connectivity index is 1.66. The molecule has 1 N–H and O–H groups in total. The summed E-state index contributed by atoms with van der Waals surface area (Å²) in [5.74, 6) is -2.03. The van der Waals surface area contributed by atoms with E-state index >= 15 is 4.39 Å². The first-order valence-corrected chi connectivity index (χ1v) is 12.8. The van der Waals surface area contributed by atoms with Crippen molar-refractivity contribution in [2.75, 3.05) is 17.7 Å². The third-order valence-corrected chi connectivity index (χ3v) is 6.92. The van der Waals surface area contributed by atoms with Crippen LogP contribution in [0.25, 0.3) is 11.1 Å². The molecule has 0 saturated carbocycles. The van der Waals surface area contributed by atoms with Crippen LogP contribution in [0.15, 0.2) is 65.7 Å². The molecule has 0 bridgehead atoms. The molecule has 2 heterocycles. The summed E-state index contributed by atoms with van der Waals surface area (Å²) >= 11 is 5.75. The Morgan fingerprint density at radius 2 is 1.88 bits per heavy atom. The number of aromatic nitrogens is 1. The zero-order valence-electron chi connectivity index (χ0n) is 18.2. The average molecular weight is 502 g/mol. The molecule has 10 heteroatoms. The number of carbonyl (C=O) groups excluding carboxylic acids is 2. The van der Waals surface area contributed by atoms with E-state index in [0.29, 0.717) is 18.4 Å². The van der Waals surface area contributed by atoms with Crippen molar-refractivity contribution in [2.45, 2.75) is 23.8 Å². The molecule has 1 fully saturated rings. The molecule has 4 rings (SSSR count). The topological polar surface area (TPSA) is 96.4 Å². The predicted molar refractivity (Wildman–Crippen MR) is 127 cm³/mol. The summed E-state index contributed by atoms with van der Waals surface area (Å²) in [4.78, 5) is 30.3. The lowest BCUT2D eigenvalue weighted by molar-refractivity contribution is -0.121. The minimum atomic E-state index is -3.96. The summed E-state index contributed by atoms with van der Waals surface area (Å²) in [5, 5.41) is 2.88. The van der Waals surface area contributed by atoms with E-state index in [1.807, 2.05) is 0 Å². The van der Waals surface area contributed by atoms with Crippen LogP contribution in [0.4, 0.5) is 10.1 Å². The van der Waals surface area contributed by atoms with Gasteiger partial charge in [0, 0.05) is 24.6 Å². The van der Waals surface area contributed by atoms with Crippen LogP contribution in [0, 0.1) is 5.82 Å². The number of hydrogen-bond acceptors (Lipinski definition) is 5. The van der Waals surface area contributed by atoms with Crippen molar-refractivity contribution in [3.05, 3.63) is 77.3 Å². The van der Waals surface area contributed by atoms with Gasteiger partial charge in [0.05, 0.1) is 11.3 Å². The average Bonchev–Trinajstić information content (AvgIpc) is 2.80. The second-order valence-corrected chi connectivity index (χ2v) is 10.3. The number of nitrogens with one attached hydrogen (secondary N) is 1. The van der Waals surface area contributed by atoms with Gasteiger partial charge in [-0.15, -0.1) is 0 Å². The third-order valence-electron chi connectivity index (χ3n) is 5.56. The van der Waals surface area contributed by atoms with E-state index in [2.05, 4.69) is 10.3 Å². The van der Waals surface area contributed by atoms with E-state index in [-0.39, 0.29) is 28.5 Å². The first-order valence-electron chi connectivity index (χ1n) is 10.5. The van der Waals surface area contributed by atoms with Gasteiger partial charge in [0.15, 0.2) is 15.7 Å². The molecule has 0 radical (unpaired) electrons. The van der Waals surface area contributed by atoms with Crippen LogP contribution in [-0.4, -0.2) is 44.1 Å². The highest BCUT2D eigenvalue weighted by molar-refractivity contribution is 7.90. The minimum Gasteiger partial charge on any atom is -0.340 e. The Labute approximate surface area is 201 Å². The Bertz CT molecular complexity index is 1350. The van der Waals surface area contributed by atoms with Crippen molar-refractivity contribution in [1.29, 1.82) is 0 Å². The lowest BCUT2D eigenvalue weighted by atomic mass is 10.0. The van der Waals surface area contributed by atoms with Gasteiger partial charge in [-0.1, -0.05) is 48.0 Å². The molecule has 2 amide bonds. The Kier molecular flexibility index (Phi) is 6.67. The molecule has 1 aromatic heterocycles. The fraction of sp³-hybridized carbons (Fsp3) is 0.208. The highest BCUT2D eigenvalue weighted by Gasteiger charge is 2.34. The maximum Gasteiger partial charge on any atom is 0.253 e. The number of halogens is 2. The molecule has 7 nitrogen and oxygen atoms in total. The minimum absolute atomic E-state index is 0.141. The summed E-state index contributed by atoms with van der Waals surface area (Å²) < 4.78 is 40.8. The van der Waals surface area contributed by atoms with Crippen molar-refractivity contribution in [3.8, 4) is 11.1 Å². The van der Waals surface area contributed by atoms with Gasteiger partial charge >= 0.3 is 0 Å². The van der Waals surface area contributed by atoms with E-state index in [9.17, 15) is 18.0 Å². The van der Waals surface area contributed by atoms with Crippen molar-refractivity contribution < 1.29 is 22.4 Å². The quantitative estimate of drug-likeness (QED) is 0.535. The standard InChI is InChI=1S/C24H21ClFN3O4S/c1-34(32,33)22-17(15-6-3-2-4-7-15)10-11-19(21(22)26)29-13-5-8-18(24(29)31)28-23(30)16-9-12-20(25)27-14-16/h2-4,6-7,9-12,14,18H,5,8,13H2,1H3,(H,28,30). The molecule has 176 valence electrons. The molecule has 3 aromatic rings. The zero-order valence-corrected chi connectivity index (χ0v) is 19.7. The van der Waals surface area contributed by atoms with Crippen molar-refractivity contribution in [2.24, 2.45) is 0 Å². The van der Waals surface area contributed by atoms with Gasteiger partial charge in [-0.25, -0.2) is 17.8 Å². The molecule has 1 aliphatic rings. The number of rotatable bonds is 5. The molecule has 1 saturated heterocycles. The van der Waals surface area contributed by atoms with Crippen LogP contribution in [0.1, 0.15) is 23.2 Å². The molecule has 2 aromatic carbocycles. The second-order valence-electron chi connectivity index (χ2n) is 7.94. The molecular weight excluding hydrogens is 481 g/mol. The summed E-state index contributed by atoms with van der Waals surface area (Å²) in [6.07, 6.45) is 3.08. The largest absolute Gasteiger partial charge is 0.340 e.